The number of aryl methyl sites for hydroxylation is 2. The van der Waals surface area contributed by atoms with Gasteiger partial charge >= 0.3 is 0 Å². The number of halogens is 3. The Morgan fingerprint density at radius 2 is 1.10 bits per heavy atom. The molecule has 0 atom stereocenters. The largest absolute Gasteiger partial charge is 0.457 e. The number of ether oxygens (including phenoxy) is 2. The van der Waals surface area contributed by atoms with E-state index in [4.69, 9.17) is 15.2 Å². The molecule has 0 amide bonds. The molecule has 0 aliphatic carbocycles. The van der Waals surface area contributed by atoms with Crippen LogP contribution >= 0.6 is 15.9 Å². The zero-order valence-corrected chi connectivity index (χ0v) is 24.0. The molecule has 9 heteroatoms. The second-order valence-electron chi connectivity index (χ2n) is 9.32. The molecule has 4 aromatic carbocycles. The molecule has 0 aliphatic rings. The van der Waals surface area contributed by atoms with Gasteiger partial charge in [-0.15, -0.1) is 4.91 Å². The Labute approximate surface area is 252 Å². The maximum Gasteiger partial charge on any atom is 0.155 e. The van der Waals surface area contributed by atoms with Gasteiger partial charge in [0.25, 0.3) is 0 Å². The molecule has 41 heavy (non-hydrogen) atoms. The quantitative estimate of drug-likeness (QED) is 0.134. The number of rotatable bonds is 5. The standard InChI is InChI=1S/C13H10BrFO.C13H12FNO.C4H9NO2.2CH4.H2/c1-9-8-12(6-7-13(9)14)16-11-4-2-10(15)3-5-11;1-9-8-12(6-7-13(9)15)16-11-4-2-10(14)3-5-11;1-4(2,3)7-5-6;;;/h2-8H,1H3;2-8H,15H2,1H3;1-3H3;2*1H4;1H/i;;;;;1+1. The summed E-state index contributed by atoms with van der Waals surface area (Å²) in [6, 6.07) is 23.0. The van der Waals surface area contributed by atoms with E-state index >= 15 is 0 Å². The molecule has 0 radical (unpaired) electrons. The first-order chi connectivity index (χ1) is 18.4. The maximum atomic E-state index is 12.7. The Bertz CT molecular complexity index is 1260. The summed E-state index contributed by atoms with van der Waals surface area (Å²) in [5, 5.41) is 2.26. The Hall–Kier alpha value is -3.98. The summed E-state index contributed by atoms with van der Waals surface area (Å²) >= 11 is 3.42. The highest BCUT2D eigenvalue weighted by atomic mass is 79.9. The van der Waals surface area contributed by atoms with Crippen LogP contribution in [0.25, 0.3) is 0 Å². The third-order valence-corrected chi connectivity index (χ3v) is 5.67. The third-order valence-electron chi connectivity index (χ3n) is 4.78. The van der Waals surface area contributed by atoms with E-state index in [0.717, 1.165) is 27.0 Å². The summed E-state index contributed by atoms with van der Waals surface area (Å²) in [5.41, 5.74) is 8.05. The first kappa shape index (κ1) is 37.0. The summed E-state index contributed by atoms with van der Waals surface area (Å²) in [7, 11) is 0. The van der Waals surface area contributed by atoms with Gasteiger partial charge < -0.3 is 20.0 Å². The van der Waals surface area contributed by atoms with Crippen molar-refractivity contribution in [2.75, 3.05) is 5.73 Å². The molecule has 0 saturated carbocycles. The van der Waals surface area contributed by atoms with Crippen LogP contribution < -0.4 is 15.2 Å². The predicted octanol–water partition coefficient (Wildman–Crippen LogP) is 11.2. The van der Waals surface area contributed by atoms with Gasteiger partial charge in [-0.25, -0.2) is 8.78 Å². The molecule has 0 unspecified atom stereocenters. The van der Waals surface area contributed by atoms with Gasteiger partial charge in [-0.2, -0.15) is 0 Å². The summed E-state index contributed by atoms with van der Waals surface area (Å²) in [4.78, 5) is 13.6. The minimum Gasteiger partial charge on any atom is -0.457 e. The van der Waals surface area contributed by atoms with Crippen molar-refractivity contribution in [1.29, 1.82) is 0 Å². The van der Waals surface area contributed by atoms with Gasteiger partial charge in [-0.05, 0) is 131 Å². The van der Waals surface area contributed by atoms with E-state index in [-0.39, 0.29) is 27.9 Å². The van der Waals surface area contributed by atoms with Crippen molar-refractivity contribution in [2.45, 2.75) is 55.1 Å². The fourth-order valence-electron chi connectivity index (χ4n) is 2.78. The fourth-order valence-corrected chi connectivity index (χ4v) is 3.03. The molecular formula is C32H41BrF2N2O4. The van der Waals surface area contributed by atoms with E-state index in [2.05, 4.69) is 26.1 Å². The van der Waals surface area contributed by atoms with Gasteiger partial charge in [0.15, 0.2) is 5.34 Å². The topological polar surface area (TPSA) is 83.1 Å². The van der Waals surface area contributed by atoms with E-state index < -0.39 is 5.60 Å². The lowest BCUT2D eigenvalue weighted by molar-refractivity contribution is -0.00230. The van der Waals surface area contributed by atoms with Crippen molar-refractivity contribution in [3.63, 3.8) is 0 Å². The molecule has 0 bridgehead atoms. The molecule has 0 saturated heterocycles. The molecule has 0 fully saturated rings. The summed E-state index contributed by atoms with van der Waals surface area (Å²) in [5.74, 6) is 2.12. The van der Waals surface area contributed by atoms with Crippen LogP contribution in [0, 0.1) is 30.4 Å². The SMILES string of the molecule is C.C.CC(C)(C)ON=O.Cc1cc(Oc2ccc(F)cc2)ccc1Br.Cc1cc(Oc2ccc(F)cc2)ccc1N.[2HH]. The molecule has 4 rings (SSSR count). The number of hydrogen-bond acceptors (Lipinski definition) is 6. The Morgan fingerprint density at radius 3 is 1.44 bits per heavy atom. The van der Waals surface area contributed by atoms with Crippen LogP contribution in [0.15, 0.2) is 94.7 Å². The second kappa shape index (κ2) is 17.7. The van der Waals surface area contributed by atoms with Crippen LogP contribution in [0.1, 0.15) is 48.2 Å². The Morgan fingerprint density at radius 1 is 0.707 bits per heavy atom. The van der Waals surface area contributed by atoms with E-state index in [0.29, 0.717) is 17.2 Å². The average molecular weight is 637 g/mol. The normalized spacial score (nSPS) is 9.76. The third kappa shape index (κ3) is 14.3. The smallest absolute Gasteiger partial charge is 0.155 e. The lowest BCUT2D eigenvalue weighted by atomic mass is 10.2. The van der Waals surface area contributed by atoms with E-state index in [1.54, 1.807) is 57.2 Å². The Kier molecular flexibility index (Phi) is 15.9. The van der Waals surface area contributed by atoms with Crippen molar-refractivity contribution in [3.8, 4) is 23.0 Å². The molecular weight excluding hydrogens is 594 g/mol. The summed E-state index contributed by atoms with van der Waals surface area (Å²) < 4.78 is 37.5. The number of nitrogens with zero attached hydrogens (tertiary/aromatic N) is 1. The highest BCUT2D eigenvalue weighted by molar-refractivity contribution is 9.10. The zero-order chi connectivity index (χ0) is 29.0. The van der Waals surface area contributed by atoms with E-state index in [9.17, 15) is 13.7 Å². The first-order valence-electron chi connectivity index (χ1n) is 11.9. The second-order valence-corrected chi connectivity index (χ2v) is 10.2. The predicted molar refractivity (Wildman–Crippen MR) is 170 cm³/mol. The summed E-state index contributed by atoms with van der Waals surface area (Å²) in [6.07, 6.45) is 0. The Balaban J connectivity index is 0. The number of nitrogens with two attached hydrogens (primary N) is 1. The number of anilines is 1. The molecule has 224 valence electrons. The lowest BCUT2D eigenvalue weighted by Crippen LogP contribution is -2.14. The van der Waals surface area contributed by atoms with Crippen LogP contribution in [-0.4, -0.2) is 5.60 Å². The van der Waals surface area contributed by atoms with Crippen molar-refractivity contribution < 1.29 is 24.5 Å². The van der Waals surface area contributed by atoms with Gasteiger partial charge in [0.1, 0.15) is 40.2 Å². The molecule has 4 aromatic rings. The number of nitrogen functional groups attached to an aromatic ring is 1. The number of hydrogen-bond donors (Lipinski definition) is 1. The zero-order valence-electron chi connectivity index (χ0n) is 22.4. The van der Waals surface area contributed by atoms with Crippen LogP contribution in [0.2, 0.25) is 0 Å². The monoisotopic (exact) mass is 635 g/mol. The number of benzene rings is 4. The minimum atomic E-state index is -0.429. The molecule has 0 aliphatic heterocycles. The molecule has 0 heterocycles. The molecule has 0 aromatic heterocycles. The first-order valence-corrected chi connectivity index (χ1v) is 12.7. The molecule has 6 nitrogen and oxygen atoms in total. The van der Waals surface area contributed by atoms with E-state index in [1.165, 1.54) is 24.3 Å². The van der Waals surface area contributed by atoms with Gasteiger partial charge in [0.2, 0.25) is 0 Å². The lowest BCUT2D eigenvalue weighted by Gasteiger charge is -2.11. The highest BCUT2D eigenvalue weighted by Crippen LogP contribution is 2.26. The maximum absolute atomic E-state index is 12.7. The van der Waals surface area contributed by atoms with E-state index in [1.807, 2.05) is 38.1 Å². The highest BCUT2D eigenvalue weighted by Gasteiger charge is 2.09. The fraction of sp³-hybridized carbons (Fsp3) is 0.250. The van der Waals surface area contributed by atoms with Crippen LogP contribution in [0.5, 0.6) is 23.0 Å². The van der Waals surface area contributed by atoms with Gasteiger partial charge in [0.05, 0.1) is 0 Å². The molecule has 0 spiro atoms. The van der Waals surface area contributed by atoms with Crippen molar-refractivity contribution in [1.82, 2.24) is 0 Å². The van der Waals surface area contributed by atoms with Crippen LogP contribution in [0.4, 0.5) is 14.5 Å². The van der Waals surface area contributed by atoms with Crippen molar-refractivity contribution in [2.24, 2.45) is 5.34 Å². The van der Waals surface area contributed by atoms with Gasteiger partial charge in [0, 0.05) is 11.6 Å². The molecule has 2 N–H and O–H groups in total. The minimum absolute atomic E-state index is 0. The van der Waals surface area contributed by atoms with Gasteiger partial charge in [-0.1, -0.05) is 30.8 Å². The van der Waals surface area contributed by atoms with Crippen molar-refractivity contribution >= 4 is 21.6 Å². The summed E-state index contributed by atoms with van der Waals surface area (Å²) in [6.45, 7) is 9.17. The van der Waals surface area contributed by atoms with Crippen LogP contribution in [-0.2, 0) is 4.84 Å². The van der Waals surface area contributed by atoms with Gasteiger partial charge in [-0.3, -0.25) is 0 Å². The van der Waals surface area contributed by atoms with Crippen molar-refractivity contribution in [3.05, 3.63) is 117 Å². The van der Waals surface area contributed by atoms with Crippen LogP contribution in [0.3, 0.4) is 0 Å². The average Bonchev–Trinajstić information content (AvgIpc) is 2.87.